The highest BCUT2D eigenvalue weighted by Crippen LogP contribution is 2.22. The first-order valence-electron chi connectivity index (χ1n) is 4.57. The largest absolute Gasteiger partial charge is 0.323 e. The van der Waals surface area contributed by atoms with Crippen molar-refractivity contribution in [2.75, 3.05) is 5.32 Å². The molecule has 0 bridgehead atoms. The van der Waals surface area contributed by atoms with Gasteiger partial charge in [0.25, 0.3) is 0 Å². The Morgan fingerprint density at radius 1 is 1.40 bits per heavy atom. The molecule has 82 valence electrons. The van der Waals surface area contributed by atoms with E-state index in [4.69, 9.17) is 11.6 Å². The topological polar surface area (TPSA) is 29.1 Å². The fraction of sp³-hybridized carbons (Fsp3) is 0.364. The van der Waals surface area contributed by atoms with Crippen molar-refractivity contribution in [1.82, 2.24) is 0 Å². The molecule has 1 amide bonds. The Kier molecular flexibility index (Phi) is 3.35. The quantitative estimate of drug-likeness (QED) is 0.785. The SMILES string of the molecule is CC(C)(C)C(=O)Nc1ccc(Cl)cc1F. The Labute approximate surface area is 93.4 Å². The Balaban J connectivity index is 2.87. The van der Waals surface area contributed by atoms with Crippen molar-refractivity contribution in [2.24, 2.45) is 5.41 Å². The van der Waals surface area contributed by atoms with Gasteiger partial charge in [0.2, 0.25) is 5.91 Å². The van der Waals surface area contributed by atoms with E-state index in [1.54, 1.807) is 20.8 Å². The number of anilines is 1. The van der Waals surface area contributed by atoms with Gasteiger partial charge in [0.1, 0.15) is 5.82 Å². The molecule has 0 spiro atoms. The molecule has 1 aromatic carbocycles. The zero-order valence-corrected chi connectivity index (χ0v) is 9.65. The van der Waals surface area contributed by atoms with Gasteiger partial charge in [0.15, 0.2) is 0 Å². The molecule has 0 aliphatic heterocycles. The summed E-state index contributed by atoms with van der Waals surface area (Å²) in [6.45, 7) is 5.28. The van der Waals surface area contributed by atoms with Crippen LogP contribution in [0.15, 0.2) is 18.2 Å². The van der Waals surface area contributed by atoms with Crippen LogP contribution in [0, 0.1) is 11.2 Å². The third-order valence-corrected chi connectivity index (χ3v) is 2.10. The number of hydrogen-bond acceptors (Lipinski definition) is 1. The van der Waals surface area contributed by atoms with Crippen molar-refractivity contribution < 1.29 is 9.18 Å². The molecular formula is C11H13ClFNO. The first kappa shape index (κ1) is 12.0. The lowest BCUT2D eigenvalue weighted by Crippen LogP contribution is -2.27. The minimum Gasteiger partial charge on any atom is -0.323 e. The molecule has 1 rings (SSSR count). The van der Waals surface area contributed by atoms with Crippen LogP contribution in [0.2, 0.25) is 5.02 Å². The average molecular weight is 230 g/mol. The highest BCUT2D eigenvalue weighted by Gasteiger charge is 2.22. The Bertz CT molecular complexity index is 385. The molecule has 0 unspecified atom stereocenters. The number of carbonyl (C=O) groups is 1. The van der Waals surface area contributed by atoms with Crippen LogP contribution in [0.1, 0.15) is 20.8 Å². The van der Waals surface area contributed by atoms with Crippen LogP contribution in [0.5, 0.6) is 0 Å². The van der Waals surface area contributed by atoms with Gasteiger partial charge in [-0.05, 0) is 18.2 Å². The van der Waals surface area contributed by atoms with E-state index in [2.05, 4.69) is 5.32 Å². The van der Waals surface area contributed by atoms with Gasteiger partial charge in [-0.1, -0.05) is 32.4 Å². The van der Waals surface area contributed by atoms with Gasteiger partial charge in [-0.25, -0.2) is 4.39 Å². The van der Waals surface area contributed by atoms with Gasteiger partial charge in [0, 0.05) is 10.4 Å². The molecule has 0 heterocycles. The molecule has 0 radical (unpaired) electrons. The first-order chi connectivity index (χ1) is 6.80. The van der Waals surface area contributed by atoms with E-state index >= 15 is 0 Å². The molecule has 1 N–H and O–H groups in total. The lowest BCUT2D eigenvalue weighted by molar-refractivity contribution is -0.123. The zero-order chi connectivity index (χ0) is 11.6. The first-order valence-corrected chi connectivity index (χ1v) is 4.95. The van der Waals surface area contributed by atoms with E-state index in [0.717, 1.165) is 0 Å². The molecule has 4 heteroatoms. The van der Waals surface area contributed by atoms with Crippen LogP contribution in [0.4, 0.5) is 10.1 Å². The van der Waals surface area contributed by atoms with E-state index in [1.807, 2.05) is 0 Å². The number of amides is 1. The van der Waals surface area contributed by atoms with Crippen molar-refractivity contribution in [1.29, 1.82) is 0 Å². The molecule has 0 aliphatic rings. The molecule has 0 fully saturated rings. The fourth-order valence-electron chi connectivity index (χ4n) is 0.901. The van der Waals surface area contributed by atoms with Gasteiger partial charge in [-0.15, -0.1) is 0 Å². The third kappa shape index (κ3) is 3.20. The summed E-state index contributed by atoms with van der Waals surface area (Å²) in [5.74, 6) is -0.760. The van der Waals surface area contributed by atoms with Crippen LogP contribution in [-0.4, -0.2) is 5.91 Å². The van der Waals surface area contributed by atoms with Crippen LogP contribution in [0.3, 0.4) is 0 Å². The number of carbonyl (C=O) groups excluding carboxylic acids is 1. The van der Waals surface area contributed by atoms with Gasteiger partial charge in [-0.2, -0.15) is 0 Å². The van der Waals surface area contributed by atoms with Crippen LogP contribution in [-0.2, 0) is 4.79 Å². The van der Waals surface area contributed by atoms with Crippen molar-refractivity contribution in [3.63, 3.8) is 0 Å². The summed E-state index contributed by atoms with van der Waals surface area (Å²) >= 11 is 5.59. The maximum absolute atomic E-state index is 13.3. The van der Waals surface area contributed by atoms with E-state index in [-0.39, 0.29) is 11.6 Å². The predicted octanol–water partition coefficient (Wildman–Crippen LogP) is 3.46. The number of nitrogens with one attached hydrogen (secondary N) is 1. The van der Waals surface area contributed by atoms with Gasteiger partial charge in [-0.3, -0.25) is 4.79 Å². The van der Waals surface area contributed by atoms with Crippen molar-refractivity contribution in [3.8, 4) is 0 Å². The number of benzene rings is 1. The smallest absolute Gasteiger partial charge is 0.229 e. The van der Waals surface area contributed by atoms with Crippen molar-refractivity contribution in [2.45, 2.75) is 20.8 Å². The van der Waals surface area contributed by atoms with Gasteiger partial charge in [0.05, 0.1) is 5.69 Å². The Hall–Kier alpha value is -1.09. The number of rotatable bonds is 1. The van der Waals surface area contributed by atoms with Crippen LogP contribution in [0.25, 0.3) is 0 Å². The maximum atomic E-state index is 13.3. The van der Waals surface area contributed by atoms with Crippen molar-refractivity contribution >= 4 is 23.2 Å². The number of halogens is 2. The van der Waals surface area contributed by atoms with E-state index < -0.39 is 11.2 Å². The normalized spacial score (nSPS) is 11.3. The summed E-state index contributed by atoms with van der Waals surface area (Å²) in [6.07, 6.45) is 0. The minimum absolute atomic E-state index is 0.152. The Morgan fingerprint density at radius 2 is 2.00 bits per heavy atom. The monoisotopic (exact) mass is 229 g/mol. The predicted molar refractivity (Wildman–Crippen MR) is 59.5 cm³/mol. The second-order valence-electron chi connectivity index (χ2n) is 4.33. The molecule has 2 nitrogen and oxygen atoms in total. The van der Waals surface area contributed by atoms with Crippen LogP contribution < -0.4 is 5.32 Å². The summed E-state index contributed by atoms with van der Waals surface area (Å²) in [5.41, 5.74) is -0.397. The highest BCUT2D eigenvalue weighted by molar-refractivity contribution is 6.30. The van der Waals surface area contributed by atoms with Crippen molar-refractivity contribution in [3.05, 3.63) is 29.0 Å². The number of hydrogen-bond donors (Lipinski definition) is 1. The van der Waals surface area contributed by atoms with Gasteiger partial charge >= 0.3 is 0 Å². The fourth-order valence-corrected chi connectivity index (χ4v) is 1.06. The van der Waals surface area contributed by atoms with E-state index in [9.17, 15) is 9.18 Å². The molecule has 0 aliphatic carbocycles. The third-order valence-electron chi connectivity index (χ3n) is 1.86. The maximum Gasteiger partial charge on any atom is 0.229 e. The molecule has 15 heavy (non-hydrogen) atoms. The summed E-state index contributed by atoms with van der Waals surface area (Å²) in [7, 11) is 0. The summed E-state index contributed by atoms with van der Waals surface area (Å²) in [6, 6.07) is 4.14. The molecular weight excluding hydrogens is 217 g/mol. The Morgan fingerprint density at radius 3 is 2.47 bits per heavy atom. The second-order valence-corrected chi connectivity index (χ2v) is 4.76. The van der Waals surface area contributed by atoms with E-state index in [0.29, 0.717) is 5.02 Å². The zero-order valence-electron chi connectivity index (χ0n) is 8.90. The molecule has 0 saturated heterocycles. The molecule has 1 aromatic rings. The van der Waals surface area contributed by atoms with Crippen LogP contribution >= 0.6 is 11.6 Å². The highest BCUT2D eigenvalue weighted by atomic mass is 35.5. The lowest BCUT2D eigenvalue weighted by Gasteiger charge is -2.17. The van der Waals surface area contributed by atoms with E-state index in [1.165, 1.54) is 18.2 Å². The summed E-state index contributed by atoms with van der Waals surface area (Å²) < 4.78 is 13.3. The summed E-state index contributed by atoms with van der Waals surface area (Å²) in [4.78, 5) is 11.6. The average Bonchev–Trinajstić information content (AvgIpc) is 2.08. The van der Waals surface area contributed by atoms with Gasteiger partial charge < -0.3 is 5.32 Å². The molecule has 0 atom stereocenters. The summed E-state index contributed by atoms with van der Waals surface area (Å²) in [5, 5.41) is 2.81. The standard InChI is InChI=1S/C11H13ClFNO/c1-11(2,3)10(15)14-9-5-4-7(12)6-8(9)13/h4-6H,1-3H3,(H,14,15). The molecule has 0 aromatic heterocycles. The lowest BCUT2D eigenvalue weighted by atomic mass is 9.95. The minimum atomic E-state index is -0.550. The second kappa shape index (κ2) is 4.19. The molecule has 0 saturated carbocycles.